The van der Waals surface area contributed by atoms with Crippen LogP contribution in [-0.2, 0) is 5.41 Å². The molecule has 0 bridgehead atoms. The zero-order chi connectivity index (χ0) is 11.6. The van der Waals surface area contributed by atoms with Crippen molar-refractivity contribution in [2.75, 3.05) is 14.1 Å². The van der Waals surface area contributed by atoms with Gasteiger partial charge in [0.25, 0.3) is 5.91 Å². The topological polar surface area (TPSA) is 32.3 Å². The minimum Gasteiger partial charge on any atom is -0.285 e. The monoisotopic (exact) mass is 226 g/mol. The van der Waals surface area contributed by atoms with Crippen molar-refractivity contribution in [1.29, 1.82) is 0 Å². The summed E-state index contributed by atoms with van der Waals surface area (Å²) in [4.78, 5) is 13.6. The maximum absolute atomic E-state index is 11.7. The lowest BCUT2D eigenvalue weighted by Crippen LogP contribution is -2.35. The minimum absolute atomic E-state index is 0.0412. The Morgan fingerprint density at radius 3 is 2.33 bits per heavy atom. The summed E-state index contributed by atoms with van der Waals surface area (Å²) in [6.45, 7) is 6.44. The van der Waals surface area contributed by atoms with Crippen molar-refractivity contribution in [3.8, 4) is 0 Å². The van der Waals surface area contributed by atoms with E-state index in [2.05, 4.69) is 26.2 Å². The van der Waals surface area contributed by atoms with Crippen LogP contribution in [0.15, 0.2) is 12.1 Å². The normalized spacial score (nSPS) is 11.9. The molecule has 0 unspecified atom stereocenters. The molecule has 0 saturated heterocycles. The van der Waals surface area contributed by atoms with E-state index < -0.39 is 0 Å². The van der Waals surface area contributed by atoms with Gasteiger partial charge in [0.1, 0.15) is 0 Å². The first-order valence-electron chi connectivity index (χ1n) is 4.89. The molecule has 0 aliphatic carbocycles. The predicted molar refractivity (Wildman–Crippen MR) is 64.2 cm³/mol. The molecule has 1 aromatic rings. The summed E-state index contributed by atoms with van der Waals surface area (Å²) in [5.41, 5.74) is 2.84. The molecule has 1 rings (SSSR count). The van der Waals surface area contributed by atoms with Crippen molar-refractivity contribution in [1.82, 2.24) is 10.4 Å². The molecule has 0 radical (unpaired) electrons. The molecule has 0 aliphatic rings. The van der Waals surface area contributed by atoms with Gasteiger partial charge >= 0.3 is 0 Å². The van der Waals surface area contributed by atoms with Crippen molar-refractivity contribution < 1.29 is 4.79 Å². The van der Waals surface area contributed by atoms with E-state index in [0.717, 1.165) is 4.88 Å². The van der Waals surface area contributed by atoms with Gasteiger partial charge in [-0.3, -0.25) is 10.2 Å². The Morgan fingerprint density at radius 2 is 1.93 bits per heavy atom. The maximum atomic E-state index is 11.7. The van der Waals surface area contributed by atoms with Crippen LogP contribution in [0.1, 0.15) is 35.3 Å². The molecule has 0 saturated carbocycles. The number of hydrogen-bond acceptors (Lipinski definition) is 3. The van der Waals surface area contributed by atoms with E-state index in [9.17, 15) is 4.79 Å². The standard InChI is InChI=1S/C11H18N2OS/c1-11(2,3)9-7-6-8(15-9)10(14)12-13(4)5/h6-7H,1-5H3,(H,12,14). The van der Waals surface area contributed by atoms with Crippen molar-refractivity contribution in [2.24, 2.45) is 0 Å². The van der Waals surface area contributed by atoms with Gasteiger partial charge in [-0.15, -0.1) is 11.3 Å². The molecule has 1 amide bonds. The molecule has 0 aromatic carbocycles. The molecule has 1 aromatic heterocycles. The number of hydrogen-bond donors (Lipinski definition) is 1. The highest BCUT2D eigenvalue weighted by Crippen LogP contribution is 2.29. The highest BCUT2D eigenvalue weighted by Gasteiger charge is 2.18. The molecule has 0 spiro atoms. The fourth-order valence-corrected chi connectivity index (χ4v) is 2.07. The van der Waals surface area contributed by atoms with Crippen LogP contribution in [-0.4, -0.2) is 25.0 Å². The second-order valence-corrected chi connectivity index (χ2v) is 5.83. The first-order chi connectivity index (χ1) is 6.80. The van der Waals surface area contributed by atoms with Gasteiger partial charge in [0.15, 0.2) is 0 Å². The Bertz CT molecular complexity index is 350. The van der Waals surface area contributed by atoms with Gasteiger partial charge in [-0.1, -0.05) is 20.8 Å². The molecule has 0 aliphatic heterocycles. The molecule has 3 nitrogen and oxygen atoms in total. The van der Waals surface area contributed by atoms with Crippen LogP contribution in [0.5, 0.6) is 0 Å². The molecule has 1 heterocycles. The number of nitrogens with zero attached hydrogens (tertiary/aromatic N) is 1. The molecule has 15 heavy (non-hydrogen) atoms. The highest BCUT2D eigenvalue weighted by molar-refractivity contribution is 7.14. The van der Waals surface area contributed by atoms with E-state index in [-0.39, 0.29) is 11.3 Å². The third-order valence-electron chi connectivity index (χ3n) is 1.89. The number of rotatable bonds is 2. The summed E-state index contributed by atoms with van der Waals surface area (Å²) in [5.74, 6) is -0.0412. The van der Waals surface area contributed by atoms with Crippen molar-refractivity contribution in [3.05, 3.63) is 21.9 Å². The fourth-order valence-electron chi connectivity index (χ4n) is 1.12. The SMILES string of the molecule is CN(C)NC(=O)c1ccc(C(C)(C)C)s1. The van der Waals surface area contributed by atoms with Gasteiger partial charge in [-0.2, -0.15) is 0 Å². The van der Waals surface area contributed by atoms with Crippen molar-refractivity contribution >= 4 is 17.2 Å². The van der Waals surface area contributed by atoms with E-state index in [1.165, 1.54) is 4.88 Å². The van der Waals surface area contributed by atoms with E-state index in [0.29, 0.717) is 0 Å². The highest BCUT2D eigenvalue weighted by atomic mass is 32.1. The summed E-state index contributed by atoms with van der Waals surface area (Å²) >= 11 is 1.55. The Morgan fingerprint density at radius 1 is 1.33 bits per heavy atom. The third-order valence-corrected chi connectivity index (χ3v) is 3.40. The Balaban J connectivity index is 2.81. The van der Waals surface area contributed by atoms with Gasteiger partial charge in [0.2, 0.25) is 0 Å². The summed E-state index contributed by atoms with van der Waals surface area (Å²) in [6, 6.07) is 3.90. The van der Waals surface area contributed by atoms with Crippen LogP contribution in [0.4, 0.5) is 0 Å². The van der Waals surface area contributed by atoms with Crippen LogP contribution < -0.4 is 5.43 Å². The maximum Gasteiger partial charge on any atom is 0.275 e. The number of carbonyl (C=O) groups is 1. The first-order valence-corrected chi connectivity index (χ1v) is 5.71. The number of thiophene rings is 1. The number of nitrogens with one attached hydrogen (secondary N) is 1. The molecule has 1 N–H and O–H groups in total. The van der Waals surface area contributed by atoms with E-state index in [4.69, 9.17) is 0 Å². The van der Waals surface area contributed by atoms with Crippen molar-refractivity contribution in [3.63, 3.8) is 0 Å². The zero-order valence-electron chi connectivity index (χ0n) is 9.92. The number of amides is 1. The van der Waals surface area contributed by atoms with Gasteiger partial charge in [-0.05, 0) is 17.5 Å². The average Bonchev–Trinajstić information content (AvgIpc) is 2.48. The molecular formula is C11H18N2OS. The predicted octanol–water partition coefficient (Wildman–Crippen LogP) is 2.25. The van der Waals surface area contributed by atoms with Crippen LogP contribution in [0, 0.1) is 0 Å². The van der Waals surface area contributed by atoms with E-state index >= 15 is 0 Å². The second-order valence-electron chi connectivity index (χ2n) is 4.75. The minimum atomic E-state index is -0.0412. The molecular weight excluding hydrogens is 208 g/mol. The summed E-state index contributed by atoms with van der Waals surface area (Å²) < 4.78 is 0. The summed E-state index contributed by atoms with van der Waals surface area (Å²) in [7, 11) is 3.60. The zero-order valence-corrected chi connectivity index (χ0v) is 10.7. The fraction of sp³-hybridized carbons (Fsp3) is 0.545. The third kappa shape index (κ3) is 3.32. The van der Waals surface area contributed by atoms with E-state index in [1.807, 2.05) is 12.1 Å². The van der Waals surface area contributed by atoms with Gasteiger partial charge in [0, 0.05) is 19.0 Å². The van der Waals surface area contributed by atoms with Crippen LogP contribution in [0.3, 0.4) is 0 Å². The molecule has 84 valence electrons. The lowest BCUT2D eigenvalue weighted by molar-refractivity contribution is 0.0861. The first kappa shape index (κ1) is 12.2. The van der Waals surface area contributed by atoms with Crippen LogP contribution in [0.25, 0.3) is 0 Å². The van der Waals surface area contributed by atoms with Gasteiger partial charge in [-0.25, -0.2) is 5.01 Å². The summed E-state index contributed by atoms with van der Waals surface area (Å²) in [5, 5.41) is 1.65. The number of hydrazine groups is 1. The lowest BCUT2D eigenvalue weighted by Gasteiger charge is -2.15. The Kier molecular flexibility index (Phi) is 3.52. The van der Waals surface area contributed by atoms with E-state index in [1.54, 1.807) is 30.4 Å². The Labute approximate surface area is 95.1 Å². The second kappa shape index (κ2) is 4.33. The van der Waals surface area contributed by atoms with Gasteiger partial charge in [0.05, 0.1) is 4.88 Å². The lowest BCUT2D eigenvalue weighted by atomic mass is 9.95. The number of carbonyl (C=O) groups excluding carboxylic acids is 1. The van der Waals surface area contributed by atoms with Crippen LogP contribution >= 0.6 is 11.3 Å². The molecule has 0 fully saturated rings. The molecule has 0 atom stereocenters. The quantitative estimate of drug-likeness (QED) is 0.784. The van der Waals surface area contributed by atoms with Gasteiger partial charge < -0.3 is 0 Å². The Hall–Kier alpha value is -0.870. The molecule has 4 heteroatoms. The van der Waals surface area contributed by atoms with Crippen LogP contribution in [0.2, 0.25) is 0 Å². The average molecular weight is 226 g/mol. The smallest absolute Gasteiger partial charge is 0.275 e. The van der Waals surface area contributed by atoms with Crippen molar-refractivity contribution in [2.45, 2.75) is 26.2 Å². The largest absolute Gasteiger partial charge is 0.285 e. The summed E-state index contributed by atoms with van der Waals surface area (Å²) in [6.07, 6.45) is 0.